The Labute approximate surface area is 177 Å². The molecule has 29 heavy (non-hydrogen) atoms. The predicted molar refractivity (Wildman–Crippen MR) is 119 cm³/mol. The van der Waals surface area contributed by atoms with Gasteiger partial charge in [-0.3, -0.25) is 4.79 Å². The van der Waals surface area contributed by atoms with Gasteiger partial charge in [-0.1, -0.05) is 82.2 Å². The van der Waals surface area contributed by atoms with Crippen LogP contribution in [0.15, 0.2) is 30.3 Å². The molecule has 0 heterocycles. The monoisotopic (exact) mass is 406 g/mol. The molecule has 0 amide bonds. The summed E-state index contributed by atoms with van der Waals surface area (Å²) in [5.74, 6) is -0.757. The second-order valence-corrected chi connectivity index (χ2v) is 8.20. The summed E-state index contributed by atoms with van der Waals surface area (Å²) in [7, 11) is 0. The van der Waals surface area contributed by atoms with Crippen LogP contribution in [0.25, 0.3) is 0 Å². The molecule has 0 saturated heterocycles. The molecule has 0 aromatic heterocycles. The molecule has 1 aromatic rings. The fraction of sp³-hybridized carbons (Fsp3) is 0.720. The largest absolute Gasteiger partial charge is 0.481 e. The minimum absolute atomic E-state index is 0.195. The zero-order valence-electron chi connectivity index (χ0n) is 18.4. The molecule has 4 nitrogen and oxygen atoms in total. The third-order valence-electron chi connectivity index (χ3n) is 5.45. The van der Waals surface area contributed by atoms with Gasteiger partial charge in [-0.15, -0.1) is 0 Å². The normalized spacial score (nSPS) is 13.3. The van der Waals surface area contributed by atoms with Crippen LogP contribution in [0.5, 0.6) is 0 Å². The quantitative estimate of drug-likeness (QED) is 0.257. The van der Waals surface area contributed by atoms with Crippen molar-refractivity contribution in [2.75, 3.05) is 0 Å². The molecule has 2 atom stereocenters. The molecule has 2 unspecified atom stereocenters. The molecule has 0 fully saturated rings. The summed E-state index contributed by atoms with van der Waals surface area (Å²) in [5, 5.41) is 18.8. The van der Waals surface area contributed by atoms with Crippen molar-refractivity contribution in [1.29, 1.82) is 0 Å². The highest BCUT2D eigenvalue weighted by Gasteiger charge is 2.12. The number of carboxylic acids is 1. The number of rotatable bonds is 19. The van der Waals surface area contributed by atoms with Gasteiger partial charge < -0.3 is 14.9 Å². The average molecular weight is 407 g/mol. The molecule has 166 valence electrons. The number of unbranched alkanes of at least 4 members (excludes halogenated alkanes) is 6. The summed E-state index contributed by atoms with van der Waals surface area (Å²) in [6, 6.07) is 10.3. The van der Waals surface area contributed by atoms with Crippen LogP contribution in [0.4, 0.5) is 0 Å². The van der Waals surface area contributed by atoms with Gasteiger partial charge in [0.15, 0.2) is 0 Å². The fourth-order valence-corrected chi connectivity index (χ4v) is 3.63. The Balaban J connectivity index is 2.27. The number of carbonyl (C=O) groups is 1. The lowest BCUT2D eigenvalue weighted by atomic mass is 10.0. The van der Waals surface area contributed by atoms with Crippen molar-refractivity contribution in [3.8, 4) is 0 Å². The number of benzene rings is 1. The molecule has 0 bridgehead atoms. The Bertz CT molecular complexity index is 503. The maximum absolute atomic E-state index is 10.5. The first-order chi connectivity index (χ1) is 14.1. The Morgan fingerprint density at radius 2 is 1.48 bits per heavy atom. The first kappa shape index (κ1) is 25.6. The van der Waals surface area contributed by atoms with Crippen LogP contribution in [0.2, 0.25) is 0 Å². The highest BCUT2D eigenvalue weighted by Crippen LogP contribution is 2.18. The van der Waals surface area contributed by atoms with E-state index in [0.717, 1.165) is 32.1 Å². The second kappa shape index (κ2) is 17.5. The molecular formula is C25H42O4. The predicted octanol–water partition coefficient (Wildman–Crippen LogP) is 6.50. The molecule has 1 aromatic carbocycles. The van der Waals surface area contributed by atoms with Crippen molar-refractivity contribution in [2.24, 2.45) is 0 Å². The van der Waals surface area contributed by atoms with Gasteiger partial charge in [-0.25, -0.2) is 0 Å². The van der Waals surface area contributed by atoms with E-state index in [4.69, 9.17) is 9.84 Å². The Morgan fingerprint density at radius 3 is 2.21 bits per heavy atom. The maximum atomic E-state index is 10.5. The standard InChI is InChI=1S/C25H42O4/c1-2-3-4-5-6-10-18-24(29-21-22-14-8-7-9-15-22)19-13-17-23(26)16-11-12-20-25(27)28/h7-9,14-15,23-24,26H,2-6,10-13,16-21H2,1H3,(H,27,28). The molecule has 2 N–H and O–H groups in total. The first-order valence-electron chi connectivity index (χ1n) is 11.7. The molecule has 0 aliphatic heterocycles. The topological polar surface area (TPSA) is 66.8 Å². The zero-order chi connectivity index (χ0) is 21.2. The van der Waals surface area contributed by atoms with E-state index >= 15 is 0 Å². The van der Waals surface area contributed by atoms with Crippen LogP contribution < -0.4 is 0 Å². The van der Waals surface area contributed by atoms with Gasteiger partial charge in [0.25, 0.3) is 0 Å². The van der Waals surface area contributed by atoms with Crippen LogP contribution >= 0.6 is 0 Å². The van der Waals surface area contributed by atoms with Crippen molar-refractivity contribution >= 4 is 5.97 Å². The Kier molecular flexibility index (Phi) is 15.4. The highest BCUT2D eigenvalue weighted by molar-refractivity contribution is 5.66. The van der Waals surface area contributed by atoms with Crippen molar-refractivity contribution < 1.29 is 19.7 Å². The van der Waals surface area contributed by atoms with Crippen LogP contribution in [0.1, 0.15) is 102 Å². The number of hydrogen-bond acceptors (Lipinski definition) is 3. The first-order valence-corrected chi connectivity index (χ1v) is 11.7. The number of aliphatic hydroxyl groups excluding tert-OH is 1. The SMILES string of the molecule is CCCCCCCCC(CCCC(O)CCCCC(=O)O)OCc1ccccc1. The number of aliphatic carboxylic acids is 1. The smallest absolute Gasteiger partial charge is 0.303 e. The lowest BCUT2D eigenvalue weighted by Gasteiger charge is -2.19. The van der Waals surface area contributed by atoms with E-state index < -0.39 is 5.97 Å². The third-order valence-corrected chi connectivity index (χ3v) is 5.45. The molecule has 0 saturated carbocycles. The Morgan fingerprint density at radius 1 is 0.862 bits per heavy atom. The summed E-state index contributed by atoms with van der Waals surface area (Å²) >= 11 is 0. The summed E-state index contributed by atoms with van der Waals surface area (Å²) in [6.07, 6.45) is 13.8. The zero-order valence-corrected chi connectivity index (χ0v) is 18.4. The van der Waals surface area contributed by atoms with Crippen molar-refractivity contribution in [2.45, 2.75) is 116 Å². The van der Waals surface area contributed by atoms with Gasteiger partial charge in [0.2, 0.25) is 0 Å². The Hall–Kier alpha value is -1.39. The lowest BCUT2D eigenvalue weighted by molar-refractivity contribution is -0.137. The summed E-state index contributed by atoms with van der Waals surface area (Å²) < 4.78 is 6.22. The lowest BCUT2D eigenvalue weighted by Crippen LogP contribution is -2.15. The van der Waals surface area contributed by atoms with E-state index in [2.05, 4.69) is 19.1 Å². The minimum atomic E-state index is -0.757. The van der Waals surface area contributed by atoms with Crippen LogP contribution in [0, 0.1) is 0 Å². The van der Waals surface area contributed by atoms with Crippen molar-refractivity contribution in [1.82, 2.24) is 0 Å². The minimum Gasteiger partial charge on any atom is -0.481 e. The van der Waals surface area contributed by atoms with Gasteiger partial charge in [0.05, 0.1) is 18.8 Å². The average Bonchev–Trinajstić information content (AvgIpc) is 2.72. The number of hydrogen-bond donors (Lipinski definition) is 2. The van der Waals surface area contributed by atoms with Gasteiger partial charge in [-0.2, -0.15) is 0 Å². The number of ether oxygens (including phenoxy) is 1. The van der Waals surface area contributed by atoms with E-state index in [1.54, 1.807) is 0 Å². The second-order valence-electron chi connectivity index (χ2n) is 8.20. The van der Waals surface area contributed by atoms with Gasteiger partial charge >= 0.3 is 5.97 Å². The summed E-state index contributed by atoms with van der Waals surface area (Å²) in [6.45, 7) is 2.90. The molecule has 1 rings (SSSR count). The van der Waals surface area contributed by atoms with Gasteiger partial charge in [0, 0.05) is 6.42 Å². The maximum Gasteiger partial charge on any atom is 0.303 e. The van der Waals surface area contributed by atoms with E-state index in [-0.39, 0.29) is 18.6 Å². The van der Waals surface area contributed by atoms with E-state index in [1.807, 2.05) is 18.2 Å². The molecule has 4 heteroatoms. The van der Waals surface area contributed by atoms with E-state index in [0.29, 0.717) is 19.4 Å². The van der Waals surface area contributed by atoms with E-state index in [9.17, 15) is 9.90 Å². The molecular weight excluding hydrogens is 364 g/mol. The van der Waals surface area contributed by atoms with Gasteiger partial charge in [0.1, 0.15) is 0 Å². The summed E-state index contributed by atoms with van der Waals surface area (Å²) in [5.41, 5.74) is 1.21. The third kappa shape index (κ3) is 15.2. The van der Waals surface area contributed by atoms with Crippen LogP contribution in [0.3, 0.4) is 0 Å². The van der Waals surface area contributed by atoms with Crippen molar-refractivity contribution in [3.05, 3.63) is 35.9 Å². The molecule has 0 spiro atoms. The van der Waals surface area contributed by atoms with Crippen molar-refractivity contribution in [3.63, 3.8) is 0 Å². The molecule has 0 aliphatic carbocycles. The summed E-state index contributed by atoms with van der Waals surface area (Å²) in [4.78, 5) is 10.5. The van der Waals surface area contributed by atoms with Crippen LogP contribution in [-0.2, 0) is 16.1 Å². The number of aliphatic hydroxyl groups is 1. The molecule has 0 radical (unpaired) electrons. The molecule has 0 aliphatic rings. The van der Waals surface area contributed by atoms with Gasteiger partial charge in [-0.05, 0) is 44.1 Å². The highest BCUT2D eigenvalue weighted by atomic mass is 16.5. The van der Waals surface area contributed by atoms with Crippen LogP contribution in [-0.4, -0.2) is 28.4 Å². The fourth-order valence-electron chi connectivity index (χ4n) is 3.63. The van der Waals surface area contributed by atoms with E-state index in [1.165, 1.54) is 44.1 Å². The number of carboxylic acid groups (broad SMARTS) is 1.